The molecule has 1 saturated heterocycles. The van der Waals surface area contributed by atoms with Gasteiger partial charge >= 0.3 is 5.97 Å². The maximum absolute atomic E-state index is 12.9. The van der Waals surface area contributed by atoms with Gasteiger partial charge in [-0.1, -0.05) is 61.2 Å². The summed E-state index contributed by atoms with van der Waals surface area (Å²) in [7, 11) is 1.55. The number of ether oxygens (including phenoxy) is 2. The molecule has 3 rings (SSSR count). The van der Waals surface area contributed by atoms with Gasteiger partial charge in [0.2, 0.25) is 5.91 Å². The van der Waals surface area contributed by atoms with Crippen LogP contribution < -0.4 is 0 Å². The molecule has 0 aromatic heterocycles. The van der Waals surface area contributed by atoms with Crippen LogP contribution in [0.3, 0.4) is 0 Å². The van der Waals surface area contributed by atoms with Crippen LogP contribution >= 0.6 is 11.8 Å². The highest BCUT2D eigenvalue weighted by Gasteiger charge is 2.45. The van der Waals surface area contributed by atoms with E-state index in [9.17, 15) is 9.59 Å². The molecule has 0 spiro atoms. The van der Waals surface area contributed by atoms with E-state index in [1.165, 1.54) is 11.8 Å². The highest BCUT2D eigenvalue weighted by molar-refractivity contribution is 8.15. The van der Waals surface area contributed by atoms with Crippen molar-refractivity contribution in [3.63, 3.8) is 0 Å². The van der Waals surface area contributed by atoms with Crippen molar-refractivity contribution < 1.29 is 19.1 Å². The molecule has 6 nitrogen and oxygen atoms in total. The summed E-state index contributed by atoms with van der Waals surface area (Å²) in [5.41, 5.74) is 1.95. The number of fused-ring (bicyclic) bond motifs is 1. The molecule has 1 fully saturated rings. The number of nitrogens with zero attached hydrogens (tertiary/aromatic N) is 2. The molecule has 2 atom stereocenters. The number of esters is 1. The van der Waals surface area contributed by atoms with E-state index in [2.05, 4.69) is 4.99 Å². The number of hydrogen-bond acceptors (Lipinski definition) is 6. The van der Waals surface area contributed by atoms with E-state index >= 15 is 0 Å². The van der Waals surface area contributed by atoms with Gasteiger partial charge in [-0.05, 0) is 18.9 Å². The minimum Gasteiger partial charge on any atom is -0.460 e. The van der Waals surface area contributed by atoms with Crippen LogP contribution in [0.4, 0.5) is 0 Å². The fraction of sp³-hybridized carbons (Fsp3) is 0.381. The highest BCUT2D eigenvalue weighted by atomic mass is 32.2. The van der Waals surface area contributed by atoms with E-state index in [-0.39, 0.29) is 17.8 Å². The van der Waals surface area contributed by atoms with Gasteiger partial charge in [-0.3, -0.25) is 9.69 Å². The number of rotatable bonds is 7. The van der Waals surface area contributed by atoms with Crippen LogP contribution in [-0.4, -0.2) is 53.6 Å². The van der Waals surface area contributed by atoms with Crippen molar-refractivity contribution in [1.29, 1.82) is 0 Å². The Balaban J connectivity index is 1.95. The molecule has 2 aliphatic rings. The Morgan fingerprint density at radius 1 is 1.29 bits per heavy atom. The monoisotopic (exact) mass is 400 g/mol. The highest BCUT2D eigenvalue weighted by Crippen LogP contribution is 2.38. The van der Waals surface area contributed by atoms with Crippen molar-refractivity contribution in [2.24, 2.45) is 4.99 Å². The lowest BCUT2D eigenvalue weighted by Gasteiger charge is -2.30. The van der Waals surface area contributed by atoms with Crippen LogP contribution in [0.2, 0.25) is 0 Å². The lowest BCUT2D eigenvalue weighted by atomic mass is 10.00. The Morgan fingerprint density at radius 3 is 2.71 bits per heavy atom. The van der Waals surface area contributed by atoms with E-state index in [4.69, 9.17) is 9.47 Å². The first kappa shape index (κ1) is 20.4. The molecule has 0 radical (unpaired) electrons. The summed E-state index contributed by atoms with van der Waals surface area (Å²) >= 11 is 1.45. The zero-order chi connectivity index (χ0) is 20.1. The Kier molecular flexibility index (Phi) is 6.70. The fourth-order valence-corrected chi connectivity index (χ4v) is 4.28. The minimum atomic E-state index is -0.542. The predicted molar refractivity (Wildman–Crippen MR) is 111 cm³/mol. The second kappa shape index (κ2) is 9.21. The molecule has 0 saturated carbocycles. The van der Waals surface area contributed by atoms with Crippen LogP contribution in [-0.2, 0) is 19.1 Å². The first-order valence-corrected chi connectivity index (χ1v) is 10.1. The van der Waals surface area contributed by atoms with Gasteiger partial charge in [-0.2, -0.15) is 0 Å². The van der Waals surface area contributed by atoms with Gasteiger partial charge in [-0.15, -0.1) is 0 Å². The maximum Gasteiger partial charge on any atom is 0.338 e. The van der Waals surface area contributed by atoms with E-state index in [1.54, 1.807) is 18.9 Å². The molecule has 0 aliphatic carbocycles. The van der Waals surface area contributed by atoms with Crippen molar-refractivity contribution in [3.05, 3.63) is 53.2 Å². The molecule has 7 heteroatoms. The van der Waals surface area contributed by atoms with Gasteiger partial charge in [0.05, 0.1) is 29.2 Å². The largest absolute Gasteiger partial charge is 0.460 e. The van der Waals surface area contributed by atoms with Crippen LogP contribution in [0, 0.1) is 0 Å². The molecule has 2 heterocycles. The van der Waals surface area contributed by atoms with Crippen LogP contribution in [0.5, 0.6) is 0 Å². The molecule has 0 bridgehead atoms. The summed E-state index contributed by atoms with van der Waals surface area (Å²) in [6.07, 6.45) is 4.50. The third-order valence-electron chi connectivity index (χ3n) is 4.58. The molecule has 148 valence electrons. The Labute approximate surface area is 169 Å². The Morgan fingerprint density at radius 2 is 2.04 bits per heavy atom. The number of amidine groups is 1. The van der Waals surface area contributed by atoms with Crippen LogP contribution in [0.1, 0.15) is 25.8 Å². The molecule has 2 unspecified atom stereocenters. The first-order chi connectivity index (χ1) is 13.6. The van der Waals surface area contributed by atoms with Crippen molar-refractivity contribution in [2.45, 2.75) is 31.6 Å². The molecule has 28 heavy (non-hydrogen) atoms. The SMILES string of the molecule is CCC1SC2=NC(C)=C(C(=O)OCCOC)C(/C=C/c3ccccc3)N2C1=O. The van der Waals surface area contributed by atoms with Crippen LogP contribution in [0.25, 0.3) is 6.08 Å². The van der Waals surface area contributed by atoms with Gasteiger partial charge in [0.1, 0.15) is 6.61 Å². The zero-order valence-electron chi connectivity index (χ0n) is 16.3. The second-order valence-electron chi connectivity index (χ2n) is 6.46. The Bertz CT molecular complexity index is 832. The predicted octanol–water partition coefficient (Wildman–Crippen LogP) is 3.26. The number of hydrogen-bond donors (Lipinski definition) is 0. The lowest BCUT2D eigenvalue weighted by Crippen LogP contribution is -2.45. The number of methoxy groups -OCH3 is 1. The fourth-order valence-electron chi connectivity index (χ4n) is 3.14. The Hall–Kier alpha value is -2.38. The van der Waals surface area contributed by atoms with Crippen molar-refractivity contribution in [2.75, 3.05) is 20.3 Å². The smallest absolute Gasteiger partial charge is 0.338 e. The maximum atomic E-state index is 12.9. The van der Waals surface area contributed by atoms with Gasteiger partial charge in [0.15, 0.2) is 5.17 Å². The number of allylic oxidation sites excluding steroid dienone is 1. The van der Waals surface area contributed by atoms with Gasteiger partial charge in [-0.25, -0.2) is 9.79 Å². The molecular weight excluding hydrogens is 376 g/mol. The molecule has 1 amide bonds. The second-order valence-corrected chi connectivity index (χ2v) is 7.63. The molecule has 0 N–H and O–H groups in total. The van der Waals surface area contributed by atoms with Gasteiger partial charge in [0, 0.05) is 7.11 Å². The number of amides is 1. The summed E-state index contributed by atoms with van der Waals surface area (Å²) < 4.78 is 10.3. The van der Waals surface area contributed by atoms with E-state index < -0.39 is 12.0 Å². The van der Waals surface area contributed by atoms with Crippen molar-refractivity contribution >= 4 is 34.9 Å². The van der Waals surface area contributed by atoms with Gasteiger partial charge < -0.3 is 9.47 Å². The van der Waals surface area contributed by atoms with Crippen molar-refractivity contribution in [3.8, 4) is 0 Å². The zero-order valence-corrected chi connectivity index (χ0v) is 17.1. The van der Waals surface area contributed by atoms with E-state index in [1.807, 2.05) is 49.4 Å². The average molecular weight is 401 g/mol. The summed E-state index contributed by atoms with van der Waals surface area (Å²) in [5, 5.41) is 0.466. The molecular formula is C21H24N2O4S. The normalized spacial score (nSPS) is 21.9. The average Bonchev–Trinajstić information content (AvgIpc) is 3.02. The van der Waals surface area contributed by atoms with E-state index in [0.717, 1.165) is 5.56 Å². The quantitative estimate of drug-likeness (QED) is 0.519. The lowest BCUT2D eigenvalue weighted by molar-refractivity contribution is -0.141. The van der Waals surface area contributed by atoms with Crippen LogP contribution in [0.15, 0.2) is 52.7 Å². The summed E-state index contributed by atoms with van der Waals surface area (Å²) in [5.74, 6) is -0.499. The molecule has 2 aliphatic heterocycles. The van der Waals surface area contributed by atoms with E-state index in [0.29, 0.717) is 29.5 Å². The number of carbonyl (C=O) groups excluding carboxylic acids is 2. The first-order valence-electron chi connectivity index (χ1n) is 9.25. The third-order valence-corrected chi connectivity index (χ3v) is 5.89. The topological polar surface area (TPSA) is 68.2 Å². The standard InChI is InChI=1S/C21H24N2O4S/c1-4-17-19(24)23-16(11-10-15-8-6-5-7-9-15)18(14(2)22-21(23)28-17)20(25)27-13-12-26-3/h5-11,16-17H,4,12-13H2,1-3H3/b11-10+. The summed E-state index contributed by atoms with van der Waals surface area (Å²) in [4.78, 5) is 31.8. The molecule has 1 aromatic rings. The van der Waals surface area contributed by atoms with Gasteiger partial charge in [0.25, 0.3) is 0 Å². The molecule has 1 aromatic carbocycles. The summed E-state index contributed by atoms with van der Waals surface area (Å²) in [6.45, 7) is 4.22. The number of carbonyl (C=O) groups is 2. The number of benzene rings is 1. The number of aliphatic imine (C=N–C) groups is 1. The number of thioether (sulfide) groups is 1. The third kappa shape index (κ3) is 4.20. The van der Waals surface area contributed by atoms with Crippen molar-refractivity contribution in [1.82, 2.24) is 4.90 Å². The minimum absolute atomic E-state index is 0.0244. The summed E-state index contributed by atoms with van der Waals surface area (Å²) in [6, 6.07) is 9.22.